The molecule has 0 fully saturated rings. The van der Waals surface area contributed by atoms with E-state index in [1.165, 1.54) is 0 Å². The topological polar surface area (TPSA) is 46.2 Å². The van der Waals surface area contributed by atoms with Crippen LogP contribution in [0.4, 0.5) is 18.9 Å². The molecule has 0 unspecified atom stereocenters. The van der Waals surface area contributed by atoms with Crippen molar-refractivity contribution in [3.63, 3.8) is 0 Å². The molecule has 0 heterocycles. The highest BCUT2D eigenvalue weighted by Crippen LogP contribution is 2.18. The fourth-order valence-electron chi connectivity index (χ4n) is 0.947. The smallest absolute Gasteiger partial charge is 0.233 e. The van der Waals surface area contributed by atoms with E-state index in [0.717, 1.165) is 0 Å². The minimum atomic E-state index is -3.77. The van der Waals surface area contributed by atoms with Crippen molar-refractivity contribution in [2.75, 3.05) is 16.4 Å². The zero-order valence-electron chi connectivity index (χ0n) is 7.81. The monoisotopic (exact) mass is 273 g/mol. The molecule has 0 saturated heterocycles. The number of rotatable bonds is 4. The lowest BCUT2D eigenvalue weighted by Crippen LogP contribution is -2.17. The van der Waals surface area contributed by atoms with Crippen molar-refractivity contribution < 1.29 is 21.6 Å². The van der Waals surface area contributed by atoms with Crippen molar-refractivity contribution in [2.45, 2.75) is 0 Å². The van der Waals surface area contributed by atoms with Crippen LogP contribution in [0.1, 0.15) is 0 Å². The molecule has 0 atom stereocenters. The highest BCUT2D eigenvalue weighted by Gasteiger charge is 2.14. The van der Waals surface area contributed by atoms with Crippen LogP contribution in [0.25, 0.3) is 0 Å². The Hall–Kier alpha value is -0.950. The Morgan fingerprint density at radius 1 is 1.19 bits per heavy atom. The van der Waals surface area contributed by atoms with E-state index in [1.807, 2.05) is 4.72 Å². The molecular formula is C8H7ClF3NO2S. The first kappa shape index (κ1) is 13.1. The van der Waals surface area contributed by atoms with E-state index in [-0.39, 0.29) is 11.6 Å². The maximum atomic E-state index is 12.7. The molecule has 0 amide bonds. The van der Waals surface area contributed by atoms with Crippen molar-refractivity contribution in [3.8, 4) is 0 Å². The predicted octanol–water partition coefficient (Wildman–Crippen LogP) is 2.08. The van der Waals surface area contributed by atoms with Gasteiger partial charge in [0, 0.05) is 18.0 Å². The summed E-state index contributed by atoms with van der Waals surface area (Å²) in [4.78, 5) is 0. The summed E-state index contributed by atoms with van der Waals surface area (Å²) in [5.41, 5.74) is -0.387. The fraction of sp³-hybridized carbons (Fsp3) is 0.250. The highest BCUT2D eigenvalue weighted by atomic mass is 35.5. The molecule has 1 rings (SSSR count). The van der Waals surface area contributed by atoms with Crippen LogP contribution in [0.3, 0.4) is 0 Å². The molecular weight excluding hydrogens is 267 g/mol. The number of hydrogen-bond donors (Lipinski definition) is 1. The number of halogens is 4. The Balaban J connectivity index is 2.99. The summed E-state index contributed by atoms with van der Waals surface area (Å²) in [5.74, 6) is -5.16. The third kappa shape index (κ3) is 3.28. The van der Waals surface area contributed by atoms with Gasteiger partial charge in [-0.1, -0.05) is 0 Å². The van der Waals surface area contributed by atoms with E-state index in [2.05, 4.69) is 0 Å². The number of alkyl halides is 1. The van der Waals surface area contributed by atoms with Gasteiger partial charge in [0.05, 0.1) is 11.4 Å². The number of nitrogens with one attached hydrogen (secondary N) is 1. The van der Waals surface area contributed by atoms with E-state index in [4.69, 9.17) is 11.6 Å². The summed E-state index contributed by atoms with van der Waals surface area (Å²) in [6, 6.07) is 1.09. The van der Waals surface area contributed by atoms with E-state index in [0.29, 0.717) is 12.1 Å². The molecule has 0 spiro atoms. The van der Waals surface area contributed by atoms with Gasteiger partial charge in [0.15, 0.2) is 17.5 Å². The number of hydrogen-bond acceptors (Lipinski definition) is 2. The number of benzene rings is 1. The van der Waals surface area contributed by atoms with Crippen LogP contribution in [0.5, 0.6) is 0 Å². The standard InChI is InChI=1S/C8H7ClF3NO2S/c9-1-2-16(14,15)13-5-3-6(10)8(12)7(11)4-5/h3-4,13H,1-2H2. The third-order valence-corrected chi connectivity index (χ3v) is 3.30. The molecule has 0 aromatic heterocycles. The van der Waals surface area contributed by atoms with Crippen LogP contribution in [0.2, 0.25) is 0 Å². The van der Waals surface area contributed by atoms with Gasteiger partial charge in [-0.05, 0) is 0 Å². The van der Waals surface area contributed by atoms with Gasteiger partial charge in [0.1, 0.15) is 0 Å². The van der Waals surface area contributed by atoms with Gasteiger partial charge in [-0.15, -0.1) is 11.6 Å². The van der Waals surface area contributed by atoms with Crippen molar-refractivity contribution in [3.05, 3.63) is 29.6 Å². The molecule has 0 aliphatic rings. The maximum Gasteiger partial charge on any atom is 0.233 e. The summed E-state index contributed by atoms with van der Waals surface area (Å²) < 4.78 is 62.2. The Labute approximate surface area is 95.3 Å². The molecule has 1 aromatic rings. The van der Waals surface area contributed by atoms with Crippen LogP contribution in [-0.4, -0.2) is 20.1 Å². The molecule has 0 aliphatic carbocycles. The zero-order valence-corrected chi connectivity index (χ0v) is 9.38. The van der Waals surface area contributed by atoms with Crippen LogP contribution in [0, 0.1) is 17.5 Å². The Morgan fingerprint density at radius 3 is 2.12 bits per heavy atom. The van der Waals surface area contributed by atoms with Gasteiger partial charge in [-0.25, -0.2) is 21.6 Å². The minimum Gasteiger partial charge on any atom is -0.283 e. The number of sulfonamides is 1. The Morgan fingerprint density at radius 2 is 1.69 bits per heavy atom. The quantitative estimate of drug-likeness (QED) is 0.674. The van der Waals surface area contributed by atoms with Crippen LogP contribution < -0.4 is 4.72 Å². The number of anilines is 1. The lowest BCUT2D eigenvalue weighted by atomic mass is 10.3. The van der Waals surface area contributed by atoms with Gasteiger partial charge in [0.25, 0.3) is 0 Å². The van der Waals surface area contributed by atoms with Crippen molar-refractivity contribution in [1.29, 1.82) is 0 Å². The van der Waals surface area contributed by atoms with Crippen LogP contribution >= 0.6 is 11.6 Å². The lowest BCUT2D eigenvalue weighted by molar-refractivity contribution is 0.448. The largest absolute Gasteiger partial charge is 0.283 e. The van der Waals surface area contributed by atoms with Gasteiger partial charge >= 0.3 is 0 Å². The SMILES string of the molecule is O=S(=O)(CCCl)Nc1cc(F)c(F)c(F)c1. The average molecular weight is 274 g/mol. The molecule has 3 nitrogen and oxygen atoms in total. The van der Waals surface area contributed by atoms with Crippen molar-refractivity contribution >= 4 is 27.3 Å². The highest BCUT2D eigenvalue weighted by molar-refractivity contribution is 7.92. The van der Waals surface area contributed by atoms with Crippen molar-refractivity contribution in [1.82, 2.24) is 0 Å². The van der Waals surface area contributed by atoms with Gasteiger partial charge < -0.3 is 0 Å². The molecule has 0 aliphatic heterocycles. The molecule has 16 heavy (non-hydrogen) atoms. The van der Waals surface area contributed by atoms with E-state index >= 15 is 0 Å². The fourth-order valence-corrected chi connectivity index (χ4v) is 2.34. The van der Waals surface area contributed by atoms with Gasteiger partial charge in [-0.3, -0.25) is 4.72 Å². The van der Waals surface area contributed by atoms with E-state index in [1.54, 1.807) is 0 Å². The minimum absolute atomic E-state index is 0.165. The Bertz CT molecular complexity index is 469. The normalized spacial score (nSPS) is 11.5. The maximum absolute atomic E-state index is 12.7. The summed E-state index contributed by atoms with van der Waals surface area (Å²) >= 11 is 5.21. The zero-order chi connectivity index (χ0) is 12.3. The summed E-state index contributed by atoms with van der Waals surface area (Å²) in [5, 5.41) is 0. The predicted molar refractivity (Wildman–Crippen MR) is 54.4 cm³/mol. The average Bonchev–Trinajstić information content (AvgIpc) is 2.13. The molecule has 8 heteroatoms. The van der Waals surface area contributed by atoms with E-state index in [9.17, 15) is 21.6 Å². The first-order valence-corrected chi connectivity index (χ1v) is 6.25. The summed E-state index contributed by atoms with van der Waals surface area (Å²) in [6.07, 6.45) is 0. The van der Waals surface area contributed by atoms with Crippen LogP contribution in [-0.2, 0) is 10.0 Å². The second-order valence-corrected chi connectivity index (χ2v) is 5.08. The Kier molecular flexibility index (Phi) is 4.03. The van der Waals surface area contributed by atoms with Gasteiger partial charge in [0.2, 0.25) is 10.0 Å². The molecule has 1 aromatic carbocycles. The molecule has 0 radical (unpaired) electrons. The first-order chi connectivity index (χ1) is 7.35. The third-order valence-electron chi connectivity index (χ3n) is 1.60. The second-order valence-electron chi connectivity index (χ2n) is 2.86. The summed E-state index contributed by atoms with van der Waals surface area (Å²) in [6.45, 7) is 0. The molecule has 0 saturated carbocycles. The van der Waals surface area contributed by atoms with Crippen molar-refractivity contribution in [2.24, 2.45) is 0 Å². The first-order valence-electron chi connectivity index (χ1n) is 4.07. The molecule has 90 valence electrons. The molecule has 0 bridgehead atoms. The van der Waals surface area contributed by atoms with Gasteiger partial charge in [-0.2, -0.15) is 0 Å². The summed E-state index contributed by atoms with van der Waals surface area (Å²) in [7, 11) is -3.77. The second kappa shape index (κ2) is 4.92. The van der Waals surface area contributed by atoms with E-state index < -0.39 is 33.2 Å². The lowest BCUT2D eigenvalue weighted by Gasteiger charge is -2.07. The van der Waals surface area contributed by atoms with Crippen LogP contribution in [0.15, 0.2) is 12.1 Å². The molecule has 1 N–H and O–H groups in total.